The summed E-state index contributed by atoms with van der Waals surface area (Å²) in [7, 11) is -3.93. The van der Waals surface area contributed by atoms with Crippen LogP contribution < -0.4 is 5.32 Å². The molecule has 0 saturated carbocycles. The molecule has 6 nitrogen and oxygen atoms in total. The smallest absolute Gasteiger partial charge is 0.245 e. The van der Waals surface area contributed by atoms with Gasteiger partial charge in [-0.2, -0.15) is 4.31 Å². The van der Waals surface area contributed by atoms with Gasteiger partial charge in [-0.3, -0.25) is 9.78 Å². The first kappa shape index (κ1) is 21.0. The highest BCUT2D eigenvalue weighted by Gasteiger charge is 2.27. The van der Waals surface area contributed by atoms with Crippen LogP contribution in [0.5, 0.6) is 0 Å². The first-order valence-corrected chi connectivity index (χ1v) is 10.7. The molecule has 0 aliphatic rings. The van der Waals surface area contributed by atoms with Gasteiger partial charge in [0.25, 0.3) is 0 Å². The number of hydrogen-bond donors (Lipinski definition) is 1. The summed E-state index contributed by atoms with van der Waals surface area (Å²) in [6.45, 7) is 1.60. The molecule has 0 atom stereocenters. The summed E-state index contributed by atoms with van der Waals surface area (Å²) in [4.78, 5) is 16.5. The third kappa shape index (κ3) is 5.63. The summed E-state index contributed by atoms with van der Waals surface area (Å²) >= 11 is 5.92. The molecular formula is C21H20ClN3O3S. The van der Waals surface area contributed by atoms with Crippen LogP contribution in [0.4, 0.5) is 5.69 Å². The van der Waals surface area contributed by atoms with Crippen molar-refractivity contribution in [1.29, 1.82) is 0 Å². The van der Waals surface area contributed by atoms with E-state index in [1.165, 1.54) is 18.5 Å². The second kappa shape index (κ2) is 9.17. The second-order valence-corrected chi connectivity index (χ2v) is 8.88. The lowest BCUT2D eigenvalue weighted by Gasteiger charge is -2.22. The Labute approximate surface area is 175 Å². The molecule has 0 spiro atoms. The van der Waals surface area contributed by atoms with E-state index in [1.807, 2.05) is 25.1 Å². The maximum atomic E-state index is 13.1. The standard InChI is InChI=1S/C21H20ClN3O3S/c1-16-4-2-5-19(12-16)24-21(26)15-25(14-17-7-9-18(22)10-8-17)29(27,28)20-6-3-11-23-13-20/h2-13H,14-15H2,1H3,(H,24,26). The highest BCUT2D eigenvalue weighted by Crippen LogP contribution is 2.19. The topological polar surface area (TPSA) is 79.4 Å². The lowest BCUT2D eigenvalue weighted by molar-refractivity contribution is -0.116. The van der Waals surface area contributed by atoms with Crippen LogP contribution in [0.25, 0.3) is 0 Å². The zero-order chi connectivity index (χ0) is 20.9. The number of nitrogens with one attached hydrogen (secondary N) is 1. The number of sulfonamides is 1. The summed E-state index contributed by atoms with van der Waals surface area (Å²) in [6, 6.07) is 17.1. The lowest BCUT2D eigenvalue weighted by Crippen LogP contribution is -2.37. The van der Waals surface area contributed by atoms with Crippen molar-refractivity contribution in [2.45, 2.75) is 18.4 Å². The van der Waals surface area contributed by atoms with Crippen molar-refractivity contribution in [2.75, 3.05) is 11.9 Å². The van der Waals surface area contributed by atoms with E-state index in [9.17, 15) is 13.2 Å². The molecule has 0 unspecified atom stereocenters. The Bertz CT molecular complexity index is 1090. The minimum Gasteiger partial charge on any atom is -0.325 e. The zero-order valence-corrected chi connectivity index (χ0v) is 17.3. The molecule has 0 saturated heterocycles. The van der Waals surface area contributed by atoms with E-state index >= 15 is 0 Å². The Hall–Kier alpha value is -2.74. The van der Waals surface area contributed by atoms with E-state index in [-0.39, 0.29) is 18.0 Å². The van der Waals surface area contributed by atoms with Gasteiger partial charge in [0.05, 0.1) is 6.54 Å². The van der Waals surface area contributed by atoms with Crippen LogP contribution in [-0.4, -0.2) is 30.2 Å². The molecule has 0 fully saturated rings. The fourth-order valence-corrected chi connectivity index (χ4v) is 4.23. The van der Waals surface area contributed by atoms with E-state index < -0.39 is 15.9 Å². The second-order valence-electron chi connectivity index (χ2n) is 6.51. The zero-order valence-electron chi connectivity index (χ0n) is 15.7. The van der Waals surface area contributed by atoms with Crippen LogP contribution in [0.2, 0.25) is 5.02 Å². The highest BCUT2D eigenvalue weighted by molar-refractivity contribution is 7.89. The van der Waals surface area contributed by atoms with Crippen LogP contribution in [0.3, 0.4) is 0 Å². The Kier molecular flexibility index (Phi) is 6.64. The van der Waals surface area contributed by atoms with Gasteiger partial charge >= 0.3 is 0 Å². The van der Waals surface area contributed by atoms with Crippen LogP contribution in [0.1, 0.15) is 11.1 Å². The van der Waals surface area contributed by atoms with Gasteiger partial charge in [0, 0.05) is 29.6 Å². The number of aryl methyl sites for hydroxylation is 1. The number of anilines is 1. The van der Waals surface area contributed by atoms with Crippen molar-refractivity contribution in [2.24, 2.45) is 0 Å². The predicted octanol–water partition coefficient (Wildman–Crippen LogP) is 3.87. The van der Waals surface area contributed by atoms with Gasteiger partial charge < -0.3 is 5.32 Å². The van der Waals surface area contributed by atoms with Gasteiger partial charge in [0.15, 0.2) is 0 Å². The molecule has 29 heavy (non-hydrogen) atoms. The highest BCUT2D eigenvalue weighted by atomic mass is 35.5. The number of benzene rings is 2. The van der Waals surface area contributed by atoms with Gasteiger partial charge in [-0.1, -0.05) is 35.9 Å². The van der Waals surface area contributed by atoms with Gasteiger partial charge in [0.2, 0.25) is 15.9 Å². The fourth-order valence-electron chi connectivity index (χ4n) is 2.75. The van der Waals surface area contributed by atoms with Crippen molar-refractivity contribution >= 4 is 33.2 Å². The largest absolute Gasteiger partial charge is 0.325 e. The van der Waals surface area contributed by atoms with Crippen LogP contribution in [0, 0.1) is 6.92 Å². The molecular weight excluding hydrogens is 410 g/mol. The number of carbonyl (C=O) groups excluding carboxylic acids is 1. The Balaban J connectivity index is 1.85. The normalized spacial score (nSPS) is 11.4. The predicted molar refractivity (Wildman–Crippen MR) is 113 cm³/mol. The van der Waals surface area contributed by atoms with Crippen LogP contribution in [0.15, 0.2) is 78.0 Å². The van der Waals surface area contributed by atoms with Gasteiger partial charge in [-0.15, -0.1) is 0 Å². The number of pyridine rings is 1. The van der Waals surface area contributed by atoms with Crippen LogP contribution in [-0.2, 0) is 21.4 Å². The molecule has 1 amide bonds. The SMILES string of the molecule is Cc1cccc(NC(=O)CN(Cc2ccc(Cl)cc2)S(=O)(=O)c2cccnc2)c1. The molecule has 150 valence electrons. The molecule has 2 aromatic carbocycles. The number of hydrogen-bond acceptors (Lipinski definition) is 4. The number of amides is 1. The van der Waals surface area contributed by atoms with Gasteiger partial charge in [-0.25, -0.2) is 8.42 Å². The number of nitrogens with zero attached hydrogens (tertiary/aromatic N) is 2. The van der Waals surface area contributed by atoms with E-state index in [4.69, 9.17) is 11.6 Å². The molecule has 3 rings (SSSR count). The molecule has 0 aliphatic heterocycles. The van der Waals surface area contributed by atoms with Crippen LogP contribution >= 0.6 is 11.6 Å². The maximum Gasteiger partial charge on any atom is 0.245 e. The number of carbonyl (C=O) groups is 1. The summed E-state index contributed by atoms with van der Waals surface area (Å²) in [5.74, 6) is -0.433. The van der Waals surface area contributed by atoms with Crippen molar-refractivity contribution in [3.05, 3.63) is 89.2 Å². The molecule has 3 aromatic rings. The molecule has 0 bridgehead atoms. The Morgan fingerprint density at radius 2 is 1.86 bits per heavy atom. The van der Waals surface area contributed by atoms with E-state index in [0.717, 1.165) is 9.87 Å². The Morgan fingerprint density at radius 3 is 2.52 bits per heavy atom. The van der Waals surface area contributed by atoms with Gasteiger partial charge in [0.1, 0.15) is 4.90 Å². The van der Waals surface area contributed by atoms with E-state index in [2.05, 4.69) is 10.3 Å². The van der Waals surface area contributed by atoms with Crippen molar-refractivity contribution in [3.63, 3.8) is 0 Å². The fraction of sp³-hybridized carbons (Fsp3) is 0.143. The number of halogens is 1. The lowest BCUT2D eigenvalue weighted by atomic mass is 10.2. The maximum absolute atomic E-state index is 13.1. The van der Waals surface area contributed by atoms with E-state index in [1.54, 1.807) is 36.4 Å². The minimum atomic E-state index is -3.93. The van der Waals surface area contributed by atoms with Crippen molar-refractivity contribution in [3.8, 4) is 0 Å². The average Bonchev–Trinajstić information content (AvgIpc) is 2.70. The van der Waals surface area contributed by atoms with Crippen molar-refractivity contribution < 1.29 is 13.2 Å². The molecule has 0 aliphatic carbocycles. The summed E-state index contributed by atoms with van der Waals surface area (Å²) in [5, 5.41) is 3.30. The first-order valence-electron chi connectivity index (χ1n) is 8.86. The average molecular weight is 430 g/mol. The molecule has 1 heterocycles. The van der Waals surface area contributed by atoms with E-state index in [0.29, 0.717) is 16.3 Å². The van der Waals surface area contributed by atoms with Crippen molar-refractivity contribution in [1.82, 2.24) is 9.29 Å². The molecule has 0 radical (unpaired) electrons. The minimum absolute atomic E-state index is 0.0234. The molecule has 8 heteroatoms. The molecule has 1 N–H and O–H groups in total. The summed E-state index contributed by atoms with van der Waals surface area (Å²) < 4.78 is 27.4. The number of aromatic nitrogens is 1. The first-order chi connectivity index (χ1) is 13.8. The number of rotatable bonds is 7. The third-order valence-corrected chi connectivity index (χ3v) is 6.19. The van der Waals surface area contributed by atoms with Gasteiger partial charge in [-0.05, 0) is 54.4 Å². The third-order valence-electron chi connectivity index (χ3n) is 4.17. The summed E-state index contributed by atoms with van der Waals surface area (Å²) in [5.41, 5.74) is 2.31. The monoisotopic (exact) mass is 429 g/mol. The Morgan fingerprint density at radius 1 is 1.10 bits per heavy atom. The quantitative estimate of drug-likeness (QED) is 0.618. The summed E-state index contributed by atoms with van der Waals surface area (Å²) in [6.07, 6.45) is 2.76. The molecule has 1 aromatic heterocycles.